The molecule has 0 atom stereocenters. The van der Waals surface area contributed by atoms with Crippen LogP contribution in [-0.2, 0) is 6.42 Å². The number of ether oxygens (including phenoxy) is 1. The van der Waals surface area contributed by atoms with E-state index in [2.05, 4.69) is 23.1 Å². The maximum absolute atomic E-state index is 8.92. The smallest absolute Gasteiger partial charge is 0.118 e. The highest BCUT2D eigenvalue weighted by Gasteiger charge is 2.03. The Hall–Kier alpha value is -2.47. The lowest BCUT2D eigenvalue weighted by atomic mass is 10.1. The molecule has 0 saturated carbocycles. The van der Waals surface area contributed by atoms with Crippen LogP contribution in [0.2, 0.25) is 0 Å². The number of rotatable bonds is 5. The molecule has 0 unspecified atom stereocenters. The largest absolute Gasteiger partial charge is 0.497 e. The Morgan fingerprint density at radius 1 is 1.15 bits per heavy atom. The first-order chi connectivity index (χ1) is 9.72. The van der Waals surface area contributed by atoms with Crippen molar-refractivity contribution in [1.29, 1.82) is 5.26 Å². The van der Waals surface area contributed by atoms with Gasteiger partial charge in [-0.05, 0) is 42.3 Å². The van der Waals surface area contributed by atoms with E-state index in [-0.39, 0.29) is 0 Å². The molecule has 0 aliphatic heterocycles. The molecule has 0 N–H and O–H groups in total. The molecule has 102 valence electrons. The van der Waals surface area contributed by atoms with Gasteiger partial charge in [-0.25, -0.2) is 0 Å². The minimum Gasteiger partial charge on any atom is -0.497 e. The minimum absolute atomic E-state index is 0.693. The summed E-state index contributed by atoms with van der Waals surface area (Å²) in [6.07, 6.45) is 0.956. The highest BCUT2D eigenvalue weighted by molar-refractivity contribution is 5.51. The fourth-order valence-electron chi connectivity index (χ4n) is 2.03. The van der Waals surface area contributed by atoms with E-state index in [1.54, 1.807) is 7.11 Å². The molecule has 20 heavy (non-hydrogen) atoms. The van der Waals surface area contributed by atoms with Gasteiger partial charge in [0.15, 0.2) is 0 Å². The average Bonchev–Trinajstić information content (AvgIpc) is 2.53. The second-order valence-corrected chi connectivity index (χ2v) is 4.68. The summed E-state index contributed by atoms with van der Waals surface area (Å²) in [7, 11) is 3.71. The fourth-order valence-corrected chi connectivity index (χ4v) is 2.03. The van der Waals surface area contributed by atoms with Gasteiger partial charge >= 0.3 is 0 Å². The number of hydrogen-bond acceptors (Lipinski definition) is 3. The normalized spacial score (nSPS) is 9.85. The molecule has 2 aromatic rings. The summed E-state index contributed by atoms with van der Waals surface area (Å²) >= 11 is 0. The highest BCUT2D eigenvalue weighted by Crippen LogP contribution is 2.16. The lowest BCUT2D eigenvalue weighted by Gasteiger charge is -2.19. The Bertz CT molecular complexity index is 599. The van der Waals surface area contributed by atoms with Gasteiger partial charge in [-0.3, -0.25) is 0 Å². The van der Waals surface area contributed by atoms with Crippen molar-refractivity contribution in [2.24, 2.45) is 0 Å². The molecule has 2 aromatic carbocycles. The molecule has 0 bridgehead atoms. The molecule has 0 heterocycles. The maximum Gasteiger partial charge on any atom is 0.118 e. The van der Waals surface area contributed by atoms with Crippen LogP contribution in [0.25, 0.3) is 0 Å². The second kappa shape index (κ2) is 6.63. The maximum atomic E-state index is 8.92. The Kier molecular flexibility index (Phi) is 4.62. The fraction of sp³-hybridized carbons (Fsp3) is 0.235. The first kappa shape index (κ1) is 14.0. The summed E-state index contributed by atoms with van der Waals surface area (Å²) in [6, 6.07) is 18.0. The van der Waals surface area contributed by atoms with Gasteiger partial charge < -0.3 is 9.64 Å². The molecule has 0 spiro atoms. The number of benzene rings is 2. The predicted octanol–water partition coefficient (Wildman–Crippen LogP) is 3.25. The molecule has 2 rings (SSSR count). The molecule has 0 radical (unpaired) electrons. The van der Waals surface area contributed by atoms with Gasteiger partial charge in [-0.2, -0.15) is 5.26 Å². The molecule has 0 aromatic heterocycles. The van der Waals surface area contributed by atoms with Crippen molar-refractivity contribution in [2.75, 3.05) is 25.6 Å². The lowest BCUT2D eigenvalue weighted by molar-refractivity contribution is 0.414. The zero-order valence-electron chi connectivity index (χ0n) is 11.8. The summed E-state index contributed by atoms with van der Waals surface area (Å²) in [6.45, 7) is 0.904. The first-order valence-corrected chi connectivity index (χ1v) is 6.57. The summed E-state index contributed by atoms with van der Waals surface area (Å²) in [5, 5.41) is 8.92. The molecular weight excluding hydrogens is 248 g/mol. The van der Waals surface area contributed by atoms with Crippen molar-refractivity contribution in [3.05, 3.63) is 59.7 Å². The molecule has 3 nitrogen and oxygen atoms in total. The molecule has 0 aliphatic rings. The van der Waals surface area contributed by atoms with E-state index in [1.807, 2.05) is 43.4 Å². The van der Waals surface area contributed by atoms with E-state index in [4.69, 9.17) is 10.00 Å². The van der Waals surface area contributed by atoms with Crippen molar-refractivity contribution in [3.8, 4) is 11.8 Å². The zero-order chi connectivity index (χ0) is 14.4. The van der Waals surface area contributed by atoms with Crippen LogP contribution in [0.15, 0.2) is 48.5 Å². The Morgan fingerprint density at radius 2 is 1.90 bits per heavy atom. The average molecular weight is 266 g/mol. The van der Waals surface area contributed by atoms with E-state index >= 15 is 0 Å². The molecule has 0 fully saturated rings. The van der Waals surface area contributed by atoms with Crippen LogP contribution in [-0.4, -0.2) is 20.7 Å². The number of nitriles is 1. The van der Waals surface area contributed by atoms with Crippen LogP contribution in [0, 0.1) is 11.3 Å². The molecule has 0 saturated heterocycles. The van der Waals surface area contributed by atoms with Crippen molar-refractivity contribution in [3.63, 3.8) is 0 Å². The molecule has 0 amide bonds. The zero-order valence-corrected chi connectivity index (χ0v) is 11.8. The van der Waals surface area contributed by atoms with E-state index in [1.165, 1.54) is 5.56 Å². The number of nitrogens with zero attached hydrogens (tertiary/aromatic N) is 2. The van der Waals surface area contributed by atoms with E-state index in [0.29, 0.717) is 5.56 Å². The van der Waals surface area contributed by atoms with Crippen LogP contribution in [0.1, 0.15) is 11.1 Å². The SMILES string of the molecule is COc1ccc(CCN(C)c2cccc(C#N)c2)cc1. The van der Waals surface area contributed by atoms with Crippen LogP contribution < -0.4 is 9.64 Å². The highest BCUT2D eigenvalue weighted by atomic mass is 16.5. The first-order valence-electron chi connectivity index (χ1n) is 6.57. The van der Waals surface area contributed by atoms with Crippen molar-refractivity contribution in [1.82, 2.24) is 0 Å². The van der Waals surface area contributed by atoms with Crippen LogP contribution in [0.4, 0.5) is 5.69 Å². The summed E-state index contributed by atoms with van der Waals surface area (Å²) < 4.78 is 5.15. The van der Waals surface area contributed by atoms with Crippen molar-refractivity contribution >= 4 is 5.69 Å². The van der Waals surface area contributed by atoms with Gasteiger partial charge in [-0.1, -0.05) is 18.2 Å². The molecular formula is C17H18N2O. The van der Waals surface area contributed by atoms with Gasteiger partial charge in [0.05, 0.1) is 18.7 Å². The quantitative estimate of drug-likeness (QED) is 0.833. The monoisotopic (exact) mass is 266 g/mol. The van der Waals surface area contributed by atoms with Crippen LogP contribution in [0.5, 0.6) is 5.75 Å². The topological polar surface area (TPSA) is 36.3 Å². The van der Waals surface area contributed by atoms with E-state index in [9.17, 15) is 0 Å². The second-order valence-electron chi connectivity index (χ2n) is 4.68. The number of anilines is 1. The van der Waals surface area contributed by atoms with Gasteiger partial charge in [0.25, 0.3) is 0 Å². The third-order valence-corrected chi connectivity index (χ3v) is 3.31. The number of methoxy groups -OCH3 is 1. The molecule has 0 aliphatic carbocycles. The van der Waals surface area contributed by atoms with Crippen LogP contribution in [0.3, 0.4) is 0 Å². The van der Waals surface area contributed by atoms with Gasteiger partial charge in [0, 0.05) is 19.3 Å². The van der Waals surface area contributed by atoms with E-state index < -0.39 is 0 Å². The van der Waals surface area contributed by atoms with Crippen LogP contribution >= 0.6 is 0 Å². The van der Waals surface area contributed by atoms with E-state index in [0.717, 1.165) is 24.4 Å². The predicted molar refractivity (Wildman–Crippen MR) is 81.1 cm³/mol. The summed E-state index contributed by atoms with van der Waals surface area (Å²) in [5.41, 5.74) is 3.03. The molecule has 3 heteroatoms. The standard InChI is InChI=1S/C17H18N2O/c1-19(16-5-3-4-15(12-16)13-18)11-10-14-6-8-17(20-2)9-7-14/h3-9,12H,10-11H2,1-2H3. The van der Waals surface area contributed by atoms with Gasteiger partial charge in [0.2, 0.25) is 0 Å². The minimum atomic E-state index is 0.693. The number of likely N-dealkylation sites (N-methyl/N-ethyl adjacent to an activating group) is 1. The Balaban J connectivity index is 1.97. The third-order valence-electron chi connectivity index (χ3n) is 3.31. The Morgan fingerprint density at radius 3 is 2.55 bits per heavy atom. The van der Waals surface area contributed by atoms with Crippen molar-refractivity contribution < 1.29 is 4.74 Å². The van der Waals surface area contributed by atoms with Gasteiger partial charge in [-0.15, -0.1) is 0 Å². The third kappa shape index (κ3) is 3.52. The Labute approximate surface area is 120 Å². The summed E-state index contributed by atoms with van der Waals surface area (Å²) in [4.78, 5) is 2.16. The van der Waals surface area contributed by atoms with Crippen molar-refractivity contribution in [2.45, 2.75) is 6.42 Å². The van der Waals surface area contributed by atoms with Gasteiger partial charge in [0.1, 0.15) is 5.75 Å². The number of hydrogen-bond donors (Lipinski definition) is 0. The summed E-state index contributed by atoms with van der Waals surface area (Å²) in [5.74, 6) is 0.879. The lowest BCUT2D eigenvalue weighted by Crippen LogP contribution is -2.20.